The van der Waals surface area contributed by atoms with E-state index in [1.54, 1.807) is 4.90 Å². The maximum absolute atomic E-state index is 13.9. The lowest BCUT2D eigenvalue weighted by atomic mass is 9.88. The number of rotatable bonds is 9. The van der Waals surface area contributed by atoms with E-state index in [9.17, 15) is 9.59 Å². The summed E-state index contributed by atoms with van der Waals surface area (Å²) in [7, 11) is 0. The summed E-state index contributed by atoms with van der Waals surface area (Å²) in [5.41, 5.74) is 2.99. The molecule has 35 heavy (non-hydrogen) atoms. The van der Waals surface area contributed by atoms with E-state index >= 15 is 0 Å². The minimum Gasteiger partial charge on any atom is -0.352 e. The Hall–Kier alpha value is -3.11. The van der Waals surface area contributed by atoms with Crippen molar-refractivity contribution in [3.63, 3.8) is 0 Å². The fraction of sp³-hybridized carbons (Fsp3) is 0.333. The van der Waals surface area contributed by atoms with E-state index in [2.05, 4.69) is 29.6 Å². The van der Waals surface area contributed by atoms with Gasteiger partial charge in [0.25, 0.3) is 0 Å². The number of carbonyl (C=O) groups excluding carboxylic acids is 2. The summed E-state index contributed by atoms with van der Waals surface area (Å²) in [6.07, 6.45) is 4.54. The summed E-state index contributed by atoms with van der Waals surface area (Å²) >= 11 is 6.45. The fourth-order valence-corrected chi connectivity index (χ4v) is 5.07. The average Bonchev–Trinajstić information content (AvgIpc) is 3.40. The molecule has 0 saturated heterocycles. The Labute approximate surface area is 213 Å². The van der Waals surface area contributed by atoms with Crippen molar-refractivity contribution >= 4 is 23.4 Å². The molecule has 0 aliphatic heterocycles. The molecule has 3 aromatic carbocycles. The molecule has 0 spiro atoms. The molecular formula is C30H33ClN2O2. The van der Waals surface area contributed by atoms with Crippen LogP contribution in [0.25, 0.3) is 0 Å². The van der Waals surface area contributed by atoms with Crippen molar-refractivity contribution < 1.29 is 9.59 Å². The highest BCUT2D eigenvalue weighted by Crippen LogP contribution is 2.30. The summed E-state index contributed by atoms with van der Waals surface area (Å²) in [6, 6.07) is 27.3. The largest absolute Gasteiger partial charge is 0.352 e. The first-order valence-electron chi connectivity index (χ1n) is 12.5. The van der Waals surface area contributed by atoms with E-state index < -0.39 is 6.04 Å². The van der Waals surface area contributed by atoms with Gasteiger partial charge in [-0.1, -0.05) is 103 Å². The van der Waals surface area contributed by atoms with Gasteiger partial charge in [0.1, 0.15) is 6.04 Å². The zero-order chi connectivity index (χ0) is 24.6. The molecular weight excluding hydrogens is 456 g/mol. The lowest BCUT2D eigenvalue weighted by Crippen LogP contribution is -2.49. The van der Waals surface area contributed by atoms with Gasteiger partial charge in [-0.05, 0) is 42.5 Å². The van der Waals surface area contributed by atoms with Crippen molar-refractivity contribution in [3.05, 3.63) is 107 Å². The predicted octanol–water partition coefficient (Wildman–Crippen LogP) is 6.34. The van der Waals surface area contributed by atoms with Gasteiger partial charge in [-0.25, -0.2) is 0 Å². The van der Waals surface area contributed by atoms with Gasteiger partial charge in [-0.2, -0.15) is 0 Å². The maximum Gasteiger partial charge on any atom is 0.242 e. The highest BCUT2D eigenvalue weighted by molar-refractivity contribution is 6.31. The van der Waals surface area contributed by atoms with Crippen LogP contribution in [0, 0.1) is 0 Å². The van der Waals surface area contributed by atoms with Crippen LogP contribution in [0.1, 0.15) is 61.6 Å². The van der Waals surface area contributed by atoms with E-state index in [0.717, 1.165) is 42.4 Å². The highest BCUT2D eigenvalue weighted by Gasteiger charge is 2.30. The van der Waals surface area contributed by atoms with Gasteiger partial charge in [0.05, 0.1) is 0 Å². The summed E-state index contributed by atoms with van der Waals surface area (Å²) in [6.45, 7) is 2.10. The second kappa shape index (κ2) is 12.0. The van der Waals surface area contributed by atoms with E-state index in [4.69, 9.17) is 11.6 Å². The lowest BCUT2D eigenvalue weighted by Gasteiger charge is -2.31. The average molecular weight is 489 g/mol. The van der Waals surface area contributed by atoms with Crippen molar-refractivity contribution in [1.29, 1.82) is 0 Å². The molecule has 2 amide bonds. The number of benzene rings is 3. The molecule has 3 aromatic rings. The molecule has 0 radical (unpaired) electrons. The third-order valence-corrected chi connectivity index (χ3v) is 7.32. The second-order valence-electron chi connectivity index (χ2n) is 9.36. The Morgan fingerprint density at radius 3 is 2.00 bits per heavy atom. The molecule has 5 heteroatoms. The Morgan fingerprint density at radius 1 is 0.886 bits per heavy atom. The molecule has 1 saturated carbocycles. The summed E-state index contributed by atoms with van der Waals surface area (Å²) < 4.78 is 0. The number of halogens is 1. The van der Waals surface area contributed by atoms with Crippen molar-refractivity contribution in [2.75, 3.05) is 0 Å². The number of hydrogen-bond donors (Lipinski definition) is 1. The molecule has 182 valence electrons. The summed E-state index contributed by atoms with van der Waals surface area (Å²) in [4.78, 5) is 28.8. The van der Waals surface area contributed by atoms with E-state index in [1.165, 1.54) is 0 Å². The first-order valence-corrected chi connectivity index (χ1v) is 12.8. The predicted molar refractivity (Wildman–Crippen MR) is 141 cm³/mol. The lowest BCUT2D eigenvalue weighted by molar-refractivity contribution is -0.141. The first-order chi connectivity index (χ1) is 17.0. The quantitative estimate of drug-likeness (QED) is 0.382. The molecule has 1 aliphatic carbocycles. The van der Waals surface area contributed by atoms with Crippen LogP contribution in [0.15, 0.2) is 84.9 Å². The van der Waals surface area contributed by atoms with E-state index in [1.807, 2.05) is 67.6 Å². The van der Waals surface area contributed by atoms with Crippen LogP contribution >= 0.6 is 11.6 Å². The molecule has 0 aromatic heterocycles. The Balaban J connectivity index is 1.61. The molecule has 1 fully saturated rings. The molecule has 1 N–H and O–H groups in total. The van der Waals surface area contributed by atoms with Crippen LogP contribution in [0.5, 0.6) is 0 Å². The number of carbonyl (C=O) groups is 2. The van der Waals surface area contributed by atoms with E-state index in [-0.39, 0.29) is 36.7 Å². The molecule has 0 heterocycles. The van der Waals surface area contributed by atoms with Crippen LogP contribution in [0.3, 0.4) is 0 Å². The number of nitrogens with zero attached hydrogens (tertiary/aromatic N) is 1. The highest BCUT2D eigenvalue weighted by atomic mass is 35.5. The van der Waals surface area contributed by atoms with E-state index in [0.29, 0.717) is 5.02 Å². The van der Waals surface area contributed by atoms with Crippen LogP contribution in [0.2, 0.25) is 5.02 Å². The zero-order valence-corrected chi connectivity index (χ0v) is 21.0. The maximum atomic E-state index is 13.9. The summed E-state index contributed by atoms with van der Waals surface area (Å²) in [5, 5.41) is 3.76. The van der Waals surface area contributed by atoms with Gasteiger partial charge in [-0.3, -0.25) is 9.59 Å². The Morgan fingerprint density at radius 2 is 1.43 bits per heavy atom. The van der Waals surface area contributed by atoms with Gasteiger partial charge >= 0.3 is 0 Å². The Bertz CT molecular complexity index is 1070. The van der Waals surface area contributed by atoms with Crippen LogP contribution in [-0.2, 0) is 16.1 Å². The van der Waals surface area contributed by atoms with Gasteiger partial charge in [0, 0.05) is 29.9 Å². The number of hydrogen-bond acceptors (Lipinski definition) is 2. The van der Waals surface area contributed by atoms with Crippen molar-refractivity contribution in [3.8, 4) is 0 Å². The smallest absolute Gasteiger partial charge is 0.242 e. The van der Waals surface area contributed by atoms with Gasteiger partial charge < -0.3 is 10.2 Å². The first kappa shape index (κ1) is 25.0. The van der Waals surface area contributed by atoms with Crippen LogP contribution < -0.4 is 5.32 Å². The topological polar surface area (TPSA) is 49.4 Å². The zero-order valence-electron chi connectivity index (χ0n) is 20.2. The van der Waals surface area contributed by atoms with Crippen molar-refractivity contribution in [2.24, 2.45) is 0 Å². The Kier molecular flexibility index (Phi) is 8.59. The van der Waals surface area contributed by atoms with Crippen LogP contribution in [0.4, 0.5) is 0 Å². The minimum absolute atomic E-state index is 0.0725. The number of amides is 2. The molecule has 1 aliphatic rings. The third kappa shape index (κ3) is 6.52. The fourth-order valence-electron chi connectivity index (χ4n) is 4.88. The van der Waals surface area contributed by atoms with Gasteiger partial charge in [0.2, 0.25) is 11.8 Å². The van der Waals surface area contributed by atoms with Crippen LogP contribution in [-0.4, -0.2) is 28.8 Å². The molecule has 4 nitrogen and oxygen atoms in total. The number of nitrogens with one attached hydrogen (secondary N) is 1. The normalized spacial score (nSPS) is 14.6. The van der Waals surface area contributed by atoms with Crippen molar-refractivity contribution in [1.82, 2.24) is 10.2 Å². The van der Waals surface area contributed by atoms with Gasteiger partial charge in [-0.15, -0.1) is 0 Å². The monoisotopic (exact) mass is 488 g/mol. The molecule has 4 rings (SSSR count). The van der Waals surface area contributed by atoms with Crippen molar-refractivity contribution in [2.45, 2.75) is 63.6 Å². The molecule has 0 bridgehead atoms. The third-order valence-electron chi connectivity index (χ3n) is 6.95. The standard InChI is InChI=1S/C30H33ClN2O2/c1-22(30(35)32-26-17-9-10-18-26)33(21-25-16-8-11-19-28(25)31)29(34)20-27(23-12-4-2-5-13-23)24-14-6-3-7-15-24/h2-8,11-16,19,22,26-27H,9-10,17-18,20-21H2,1H3,(H,32,35)/t22-/m0/s1. The minimum atomic E-state index is -0.605. The SMILES string of the molecule is C[C@@H](C(=O)NC1CCCC1)N(Cc1ccccc1Cl)C(=O)CC(c1ccccc1)c1ccccc1. The molecule has 1 atom stereocenters. The summed E-state index contributed by atoms with van der Waals surface area (Å²) in [5.74, 6) is -0.284. The molecule has 0 unspecified atom stereocenters. The second-order valence-corrected chi connectivity index (χ2v) is 9.76. The van der Waals surface area contributed by atoms with Gasteiger partial charge in [0.15, 0.2) is 0 Å².